The van der Waals surface area contributed by atoms with Crippen LogP contribution in [-0.4, -0.2) is 163 Å². The second-order valence-electron chi connectivity index (χ2n) is 19.0. The Morgan fingerprint density at radius 1 is 0.476 bits per heavy atom. The third-order valence-electron chi connectivity index (χ3n) is 11.2. The maximum Gasteiger partial charge on any atom is 0 e. The second kappa shape index (κ2) is 83.3. The molecule has 0 spiro atoms. The summed E-state index contributed by atoms with van der Waals surface area (Å²) in [5, 5.41) is 0. The molecule has 4 rings (SSSR count). The van der Waals surface area contributed by atoms with Gasteiger partial charge in [-0.1, -0.05) is 66.5 Å². The van der Waals surface area contributed by atoms with Gasteiger partial charge in [0.1, 0.15) is 0 Å². The number of allylic oxidation sites excluding steroid dienone is 2. The van der Waals surface area contributed by atoms with Crippen molar-refractivity contribution >= 4 is 38.5 Å². The van der Waals surface area contributed by atoms with Crippen LogP contribution < -0.4 is 0 Å². The minimum absolute atomic E-state index is 0. The van der Waals surface area contributed by atoms with Crippen LogP contribution in [0.4, 0.5) is 0 Å². The maximum absolute atomic E-state index is 11.2. The summed E-state index contributed by atoms with van der Waals surface area (Å²) in [5.41, 5.74) is 7.15. The summed E-state index contributed by atoms with van der Waals surface area (Å²) < 4.78 is 18.7. The Morgan fingerprint density at radius 3 is 0.821 bits per heavy atom. The molecule has 20 heteroatoms. The SMILES string of the molecule is CC.CC.CC.CC.CC(C)(C[C-]=[W])c1ccccc1.CC(C)(C[C-]=[W])c1ccccc1.CC(C)=C(C)C(=O)N(C)C.CC(C)=C(C)C(=O)N(C)C.CN1CC[C@@H](N(C)[C-]=[W])C1.CN1CC[C@H](N(C)[C-]=[W])C1.C[C-]=[W].C[C-]=[W].[W].[W].[W].[W].[W].[W]. The van der Waals surface area contributed by atoms with Gasteiger partial charge in [0.2, 0.25) is 11.8 Å². The number of hydrogen-bond donors (Lipinski definition) is 0. The van der Waals surface area contributed by atoms with Crippen molar-refractivity contribution in [2.75, 3.05) is 82.6 Å². The number of likely N-dealkylation sites (tertiary alicyclic amines) is 2. The summed E-state index contributed by atoms with van der Waals surface area (Å²) in [4.78, 5) is 34.7. The number of benzene rings is 2. The predicted octanol–water partition coefficient (Wildman–Crippen LogP) is 12.2. The Labute approximate surface area is 673 Å². The smallest absolute Gasteiger partial charge is 0 e. The zero-order valence-corrected chi connectivity index (χ0v) is 92.2. The molecule has 2 amide bonds. The molecule has 2 aromatic carbocycles. The van der Waals surface area contributed by atoms with Crippen LogP contribution in [0.15, 0.2) is 83.0 Å². The van der Waals surface area contributed by atoms with Gasteiger partial charge in [-0.05, 0) is 41.5 Å². The van der Waals surface area contributed by atoms with Gasteiger partial charge in [0.05, 0.1) is 0 Å². The molecule has 0 bridgehead atoms. The molecule has 488 valence electrons. The van der Waals surface area contributed by atoms with E-state index >= 15 is 0 Å². The van der Waals surface area contributed by atoms with Crippen LogP contribution in [0.1, 0.15) is 175 Å². The second-order valence-corrected chi connectivity index (χ2v) is 25.3. The van der Waals surface area contributed by atoms with Crippen molar-refractivity contribution in [3.05, 3.63) is 94.1 Å². The number of amides is 2. The number of carbonyl (C=O) groups is 2. The molecule has 84 heavy (non-hydrogen) atoms. The van der Waals surface area contributed by atoms with E-state index in [-0.39, 0.29) is 149 Å². The first-order valence-electron chi connectivity index (χ1n) is 27.3. The minimum Gasteiger partial charge on any atom is 0 e. The van der Waals surface area contributed by atoms with Crippen LogP contribution in [0.3, 0.4) is 0 Å². The number of carbonyl (C=O) groups excluding carboxylic acids is 2. The molecule has 2 fully saturated rings. The molecule has 0 saturated carbocycles. The van der Waals surface area contributed by atoms with Crippen molar-refractivity contribution < 1.29 is 252 Å². The fraction of sp³-hybridized carbons (Fsp3) is 0.625. The Bertz CT molecular complexity index is 1730. The van der Waals surface area contributed by atoms with Crippen molar-refractivity contribution in [1.82, 2.24) is 29.4 Å². The van der Waals surface area contributed by atoms with Gasteiger partial charge in [0, 0.05) is 166 Å². The molecule has 2 aliphatic rings. The zero-order chi connectivity index (χ0) is 63.2. The molecule has 2 aliphatic heterocycles. The Balaban J connectivity index is -0.0000000551. The fourth-order valence-electron chi connectivity index (χ4n) is 6.05. The van der Waals surface area contributed by atoms with E-state index in [0.29, 0.717) is 0 Å². The van der Waals surface area contributed by atoms with Crippen LogP contribution in [-0.2, 0) is 263 Å². The summed E-state index contributed by atoms with van der Waals surface area (Å²) in [7, 11) is 15.6. The van der Waals surface area contributed by atoms with E-state index in [0.717, 1.165) is 47.2 Å². The first kappa shape index (κ1) is 122. The molecule has 0 N–H and O–H groups in total. The minimum atomic E-state index is 0. The van der Waals surface area contributed by atoms with E-state index in [4.69, 9.17) is 0 Å². The summed E-state index contributed by atoms with van der Waals surface area (Å²) in [6.07, 6.45) is 4.69. The van der Waals surface area contributed by atoms with Gasteiger partial charge in [0.15, 0.2) is 0 Å². The third-order valence-corrected chi connectivity index (χ3v) is 14.3. The number of rotatable bonds is 12. The summed E-state index contributed by atoms with van der Waals surface area (Å²) in [6.45, 7) is 45.2. The topological polar surface area (TPSA) is 53.6 Å². The third kappa shape index (κ3) is 70.5. The standard InChI is InChI=1S/2C11H13.2C8H15NO.2C7H13N2.4C2H6.2C2H3.12W/c2*1-4-11(2,3)10-8-6-5-7-9-10;2*1-6(2)7(3)8(10)9(4)5;2*1-8(2)7-4-5-9(3)6-7;6*1-2;;;;;;;;;;;;/h2*5-9H,4H2,2-3H3;2*1-5H3;2*7H,4-6H2,1,3H3;4*1-2H3;2*1H3;;;;;;;;;;;;/q2*-1;;;2*-1;;;;;2*-1;;;;;;;;;;;;/t;;;;2*7-;;;;;;;;;;;;;;;;;;/m....10................../s1. The zero-order valence-electron chi connectivity index (χ0n) is 57.0. The van der Waals surface area contributed by atoms with Crippen LogP contribution in [0, 0.1) is 0 Å². The fourth-order valence-corrected chi connectivity index (χ4v) is 9.71. The van der Waals surface area contributed by atoms with Gasteiger partial charge < -0.3 is 9.80 Å². The van der Waals surface area contributed by atoms with Crippen molar-refractivity contribution in [1.29, 1.82) is 0 Å². The Hall–Kier alpha value is 4.18. The van der Waals surface area contributed by atoms with E-state index in [9.17, 15) is 9.59 Å². The van der Waals surface area contributed by atoms with Crippen molar-refractivity contribution in [2.24, 2.45) is 0 Å². The molecule has 8 nitrogen and oxygen atoms in total. The molecule has 0 aliphatic carbocycles. The summed E-state index contributed by atoms with van der Waals surface area (Å²) in [6, 6.07) is 22.7. The Morgan fingerprint density at radius 2 is 0.690 bits per heavy atom. The van der Waals surface area contributed by atoms with Crippen molar-refractivity contribution in [3.63, 3.8) is 0 Å². The van der Waals surface area contributed by atoms with E-state index in [2.05, 4.69) is 163 Å². The molecular formula is C64H112N6O2W12-6. The normalized spacial score (nSPS) is 12.5. The van der Waals surface area contributed by atoms with Gasteiger partial charge in [-0.25, -0.2) is 0 Å². The van der Waals surface area contributed by atoms with Crippen LogP contribution in [0.2, 0.25) is 0 Å². The monoisotopic (exact) mass is 3200 g/mol. The van der Waals surface area contributed by atoms with Gasteiger partial charge in [0.25, 0.3) is 0 Å². The number of hydrogen-bond acceptors (Lipinski definition) is 6. The molecule has 0 radical (unpaired) electrons. The van der Waals surface area contributed by atoms with Gasteiger partial charge in [-0.2, -0.15) is 0 Å². The summed E-state index contributed by atoms with van der Waals surface area (Å²) >= 11 is 8.57. The van der Waals surface area contributed by atoms with Crippen LogP contribution >= 0.6 is 0 Å². The predicted molar refractivity (Wildman–Crippen MR) is 328 cm³/mol. The number of nitrogens with zero attached hydrogens (tertiary/aromatic N) is 6. The van der Waals surface area contributed by atoms with Gasteiger partial charge in [-0.15, -0.1) is 0 Å². The van der Waals surface area contributed by atoms with E-state index < -0.39 is 0 Å². The quantitative estimate of drug-likeness (QED) is 0.120. The molecule has 0 unspecified atom stereocenters. The van der Waals surface area contributed by atoms with E-state index in [1.54, 1.807) is 38.0 Å². The molecule has 0 aromatic heterocycles. The van der Waals surface area contributed by atoms with Crippen LogP contribution in [0.25, 0.3) is 0 Å². The molecule has 2 atom stereocenters. The Kier molecular flexibility index (Phi) is 121. The average Bonchev–Trinajstić information content (AvgIpc) is 4.09. The molecule has 2 aromatic rings. The first-order valence-corrected chi connectivity index (χ1v) is 36.1. The van der Waals surface area contributed by atoms with Gasteiger partial charge in [-0.3, -0.25) is 9.59 Å². The van der Waals surface area contributed by atoms with E-state index in [1.807, 2.05) is 111 Å². The largest absolute Gasteiger partial charge is 0 e. The number of likely N-dealkylation sites (N-methyl/N-ethyl adjacent to an activating group) is 6. The van der Waals surface area contributed by atoms with Crippen LogP contribution in [0.5, 0.6) is 0 Å². The molecule has 2 heterocycles. The maximum atomic E-state index is 11.2. The molecule has 2 saturated heterocycles. The van der Waals surface area contributed by atoms with E-state index in [1.165, 1.54) is 166 Å². The van der Waals surface area contributed by atoms with Gasteiger partial charge >= 0.3 is 379 Å². The average molecular weight is 3200 g/mol. The van der Waals surface area contributed by atoms with Crippen molar-refractivity contribution in [3.8, 4) is 0 Å². The summed E-state index contributed by atoms with van der Waals surface area (Å²) in [5.74, 6) is 0.194. The van der Waals surface area contributed by atoms with Crippen molar-refractivity contribution in [2.45, 2.75) is 187 Å². The molecular weight excluding hydrogens is 3090 g/mol. The first-order chi connectivity index (χ1) is 36.6.